The first-order valence-corrected chi connectivity index (χ1v) is 6.61. The van der Waals surface area contributed by atoms with E-state index in [1.807, 2.05) is 12.1 Å². The molecule has 2 aromatic heterocycles. The van der Waals surface area contributed by atoms with Crippen molar-refractivity contribution in [2.24, 2.45) is 0 Å². The number of nitrogens with two attached hydrogens (primary N) is 1. The van der Waals surface area contributed by atoms with Crippen molar-refractivity contribution in [1.29, 1.82) is 0 Å². The molecule has 1 atom stereocenters. The lowest BCUT2D eigenvalue weighted by Crippen LogP contribution is -2.52. The van der Waals surface area contributed by atoms with Gasteiger partial charge in [0.2, 0.25) is 5.95 Å². The summed E-state index contributed by atoms with van der Waals surface area (Å²) in [6.45, 7) is 4.91. The smallest absolute Gasteiger partial charge is 0.258 e. The van der Waals surface area contributed by atoms with Crippen LogP contribution in [0.2, 0.25) is 0 Å². The van der Waals surface area contributed by atoms with Crippen LogP contribution in [0.3, 0.4) is 0 Å². The van der Waals surface area contributed by atoms with E-state index in [2.05, 4.69) is 37.7 Å². The van der Waals surface area contributed by atoms with Crippen LogP contribution in [0, 0.1) is 0 Å². The zero-order valence-corrected chi connectivity index (χ0v) is 11.3. The second kappa shape index (κ2) is 5.43. The summed E-state index contributed by atoms with van der Waals surface area (Å²) in [7, 11) is 0. The van der Waals surface area contributed by atoms with Crippen molar-refractivity contribution in [3.05, 3.63) is 24.5 Å². The van der Waals surface area contributed by atoms with Crippen LogP contribution >= 0.6 is 0 Å². The number of hydrogen-bond donors (Lipinski definition) is 3. The van der Waals surface area contributed by atoms with Gasteiger partial charge >= 0.3 is 0 Å². The summed E-state index contributed by atoms with van der Waals surface area (Å²) in [5.41, 5.74) is 9.91. The molecule has 0 aliphatic carbocycles. The van der Waals surface area contributed by atoms with Gasteiger partial charge in [0.05, 0.1) is 11.9 Å². The first-order valence-electron chi connectivity index (χ1n) is 6.61. The zero-order chi connectivity index (χ0) is 13.9. The molecule has 20 heavy (non-hydrogen) atoms. The number of rotatable bonds is 3. The molecular weight excluding hydrogens is 256 g/mol. The molecule has 106 valence electrons. The highest BCUT2D eigenvalue weighted by Crippen LogP contribution is 2.13. The van der Waals surface area contributed by atoms with E-state index in [0.717, 1.165) is 25.3 Å². The summed E-state index contributed by atoms with van der Waals surface area (Å²) in [6, 6.07) is 4.09. The molecule has 1 unspecified atom stereocenters. The van der Waals surface area contributed by atoms with E-state index in [1.54, 1.807) is 17.1 Å². The van der Waals surface area contributed by atoms with Gasteiger partial charge in [-0.2, -0.15) is 9.67 Å². The Morgan fingerprint density at radius 3 is 3.15 bits per heavy atom. The van der Waals surface area contributed by atoms with E-state index in [4.69, 9.17) is 5.73 Å². The van der Waals surface area contributed by atoms with Crippen molar-refractivity contribution in [3.63, 3.8) is 0 Å². The topological polar surface area (TPSA) is 96.9 Å². The molecule has 1 aliphatic rings. The standard InChI is InChI=1S/C12H18N8/c1-9-7-15-5-6-19(9)17-12-16-11(13)20(18-12)10-3-2-4-14-8-10/h2-4,8-9,15H,5-7H2,1H3,(H3,13,16,17,18). The van der Waals surface area contributed by atoms with Crippen LogP contribution in [0.25, 0.3) is 5.69 Å². The van der Waals surface area contributed by atoms with Gasteiger partial charge in [0.25, 0.3) is 5.95 Å². The third kappa shape index (κ3) is 2.56. The SMILES string of the molecule is CC1CNCCN1Nc1nc(N)n(-c2cccnc2)n1. The molecule has 0 bridgehead atoms. The highest BCUT2D eigenvalue weighted by Gasteiger charge is 2.19. The number of nitrogens with zero attached hydrogens (tertiary/aromatic N) is 5. The lowest BCUT2D eigenvalue weighted by molar-refractivity contribution is 0.210. The predicted molar refractivity (Wildman–Crippen MR) is 76.2 cm³/mol. The lowest BCUT2D eigenvalue weighted by Gasteiger charge is -2.33. The Morgan fingerprint density at radius 1 is 1.50 bits per heavy atom. The second-order valence-corrected chi connectivity index (χ2v) is 4.77. The normalized spacial score (nSPS) is 19.9. The molecule has 0 saturated carbocycles. The number of aromatic nitrogens is 4. The van der Waals surface area contributed by atoms with Gasteiger partial charge in [-0.1, -0.05) is 0 Å². The largest absolute Gasteiger partial charge is 0.368 e. The van der Waals surface area contributed by atoms with E-state index >= 15 is 0 Å². The minimum Gasteiger partial charge on any atom is -0.368 e. The summed E-state index contributed by atoms with van der Waals surface area (Å²) < 4.78 is 1.57. The van der Waals surface area contributed by atoms with Crippen molar-refractivity contribution < 1.29 is 0 Å². The van der Waals surface area contributed by atoms with Crippen LogP contribution in [-0.2, 0) is 0 Å². The second-order valence-electron chi connectivity index (χ2n) is 4.77. The molecule has 3 rings (SSSR count). The summed E-state index contributed by atoms with van der Waals surface area (Å²) >= 11 is 0. The Hall–Kier alpha value is -2.19. The predicted octanol–water partition coefficient (Wildman–Crippen LogP) is -0.135. The van der Waals surface area contributed by atoms with Crippen molar-refractivity contribution >= 4 is 11.9 Å². The Kier molecular flexibility index (Phi) is 3.48. The molecule has 3 heterocycles. The third-order valence-electron chi connectivity index (χ3n) is 3.27. The first kappa shape index (κ1) is 12.8. The molecule has 0 spiro atoms. The first-order chi connectivity index (χ1) is 9.74. The van der Waals surface area contributed by atoms with E-state index in [0.29, 0.717) is 17.9 Å². The summed E-state index contributed by atoms with van der Waals surface area (Å²) in [4.78, 5) is 8.30. The maximum Gasteiger partial charge on any atom is 0.258 e. The number of hydrogen-bond acceptors (Lipinski definition) is 7. The molecule has 0 radical (unpaired) electrons. The van der Waals surface area contributed by atoms with Crippen LogP contribution in [0.5, 0.6) is 0 Å². The van der Waals surface area contributed by atoms with Gasteiger partial charge in [0, 0.05) is 31.9 Å². The molecule has 4 N–H and O–H groups in total. The van der Waals surface area contributed by atoms with Crippen LogP contribution in [0.15, 0.2) is 24.5 Å². The van der Waals surface area contributed by atoms with Gasteiger partial charge in [-0.05, 0) is 19.1 Å². The van der Waals surface area contributed by atoms with E-state index in [1.165, 1.54) is 0 Å². The van der Waals surface area contributed by atoms with E-state index < -0.39 is 0 Å². The fourth-order valence-corrected chi connectivity index (χ4v) is 2.18. The van der Waals surface area contributed by atoms with Crippen molar-refractivity contribution in [1.82, 2.24) is 30.1 Å². The molecule has 0 aromatic carbocycles. The van der Waals surface area contributed by atoms with Gasteiger partial charge in [-0.3, -0.25) is 10.4 Å². The van der Waals surface area contributed by atoms with Crippen LogP contribution in [0.4, 0.5) is 11.9 Å². The number of nitrogens with one attached hydrogen (secondary N) is 2. The molecule has 8 nitrogen and oxygen atoms in total. The Labute approximate surface area is 117 Å². The number of anilines is 2. The number of nitrogen functional groups attached to an aromatic ring is 1. The molecule has 1 fully saturated rings. The van der Waals surface area contributed by atoms with Gasteiger partial charge in [-0.25, -0.2) is 5.01 Å². The van der Waals surface area contributed by atoms with Gasteiger partial charge in [0.15, 0.2) is 0 Å². The minimum absolute atomic E-state index is 0.336. The van der Waals surface area contributed by atoms with Gasteiger partial charge in [-0.15, -0.1) is 5.10 Å². The van der Waals surface area contributed by atoms with Crippen LogP contribution in [-0.4, -0.2) is 50.4 Å². The lowest BCUT2D eigenvalue weighted by atomic mass is 10.2. The van der Waals surface area contributed by atoms with Crippen molar-refractivity contribution in [2.45, 2.75) is 13.0 Å². The molecule has 1 saturated heterocycles. The fraction of sp³-hybridized carbons (Fsp3) is 0.417. The van der Waals surface area contributed by atoms with Crippen molar-refractivity contribution in [2.75, 3.05) is 30.8 Å². The summed E-state index contributed by atoms with van der Waals surface area (Å²) in [5.74, 6) is 0.836. The third-order valence-corrected chi connectivity index (χ3v) is 3.27. The highest BCUT2D eigenvalue weighted by molar-refractivity contribution is 5.40. The maximum atomic E-state index is 5.90. The molecular formula is C12H18N8. The van der Waals surface area contributed by atoms with Gasteiger partial charge in [0.1, 0.15) is 0 Å². The van der Waals surface area contributed by atoms with Gasteiger partial charge < -0.3 is 11.1 Å². The number of pyridine rings is 1. The molecule has 1 aliphatic heterocycles. The van der Waals surface area contributed by atoms with Crippen molar-refractivity contribution in [3.8, 4) is 5.69 Å². The average Bonchev–Trinajstić information content (AvgIpc) is 2.83. The Morgan fingerprint density at radius 2 is 2.40 bits per heavy atom. The zero-order valence-electron chi connectivity index (χ0n) is 11.3. The molecule has 0 amide bonds. The van der Waals surface area contributed by atoms with E-state index in [9.17, 15) is 0 Å². The minimum atomic E-state index is 0.336. The maximum absolute atomic E-state index is 5.90. The van der Waals surface area contributed by atoms with Crippen LogP contribution < -0.4 is 16.5 Å². The Bertz CT molecular complexity index is 566. The summed E-state index contributed by atoms with van der Waals surface area (Å²) in [6.07, 6.45) is 3.40. The Balaban J connectivity index is 1.79. The fourth-order valence-electron chi connectivity index (χ4n) is 2.18. The summed E-state index contributed by atoms with van der Waals surface area (Å²) in [5, 5.41) is 9.82. The van der Waals surface area contributed by atoms with E-state index in [-0.39, 0.29) is 0 Å². The monoisotopic (exact) mass is 274 g/mol. The average molecular weight is 274 g/mol. The highest BCUT2D eigenvalue weighted by atomic mass is 15.6. The van der Waals surface area contributed by atoms with Crippen LogP contribution in [0.1, 0.15) is 6.92 Å². The molecule has 8 heteroatoms. The number of hydrazine groups is 1. The number of piperazine rings is 1. The molecule has 2 aromatic rings. The quantitative estimate of drug-likeness (QED) is 0.717.